The van der Waals surface area contributed by atoms with E-state index in [0.29, 0.717) is 10.6 Å². The molecule has 0 N–H and O–H groups in total. The van der Waals surface area contributed by atoms with E-state index in [1.807, 2.05) is 23.5 Å². The van der Waals surface area contributed by atoms with Crippen molar-refractivity contribution in [3.63, 3.8) is 0 Å². The molecule has 0 aliphatic carbocycles. The first-order chi connectivity index (χ1) is 11.0. The van der Waals surface area contributed by atoms with Crippen LogP contribution in [-0.4, -0.2) is 19.9 Å². The number of hydrogen-bond acceptors (Lipinski definition) is 5. The molecule has 23 heavy (non-hydrogen) atoms. The van der Waals surface area contributed by atoms with Crippen LogP contribution in [0.4, 0.5) is 8.78 Å². The minimum Gasteiger partial charge on any atom is -0.379 e. The van der Waals surface area contributed by atoms with Gasteiger partial charge in [0.05, 0.1) is 4.58 Å². The average Bonchev–Trinajstić information content (AvgIpc) is 3.01. The van der Waals surface area contributed by atoms with Gasteiger partial charge in [-0.3, -0.25) is 0 Å². The molecule has 0 radical (unpaired) electrons. The summed E-state index contributed by atoms with van der Waals surface area (Å²) in [6.45, 7) is 0. The van der Waals surface area contributed by atoms with Gasteiger partial charge in [-0.1, -0.05) is 12.1 Å². The molecule has 3 nitrogen and oxygen atoms in total. The second-order valence-corrected chi connectivity index (χ2v) is 8.99. The van der Waals surface area contributed by atoms with Crippen LogP contribution in [0.5, 0.6) is 5.75 Å². The van der Waals surface area contributed by atoms with Crippen LogP contribution in [0, 0.1) is 11.6 Å². The smallest absolute Gasteiger partial charge is 0.342 e. The topological polar surface area (TPSA) is 43.4 Å². The summed E-state index contributed by atoms with van der Waals surface area (Å²) in [5, 5.41) is 0. The molecule has 3 rings (SSSR count). The van der Waals surface area contributed by atoms with E-state index < -0.39 is 26.6 Å². The zero-order valence-corrected chi connectivity index (χ0v) is 14.2. The fraction of sp³-hybridized carbons (Fsp3) is 0.200. The summed E-state index contributed by atoms with van der Waals surface area (Å²) in [6.07, 6.45) is 0. The summed E-state index contributed by atoms with van der Waals surface area (Å²) in [6, 6.07) is 8.89. The molecule has 8 heteroatoms. The van der Waals surface area contributed by atoms with E-state index in [9.17, 15) is 17.2 Å². The molecule has 122 valence electrons. The molecular weight excluding hydrogens is 362 g/mol. The van der Waals surface area contributed by atoms with Gasteiger partial charge in [0.2, 0.25) is 0 Å². The van der Waals surface area contributed by atoms with Crippen molar-refractivity contribution < 1.29 is 21.4 Å². The molecule has 0 aromatic heterocycles. The molecule has 0 amide bonds. The monoisotopic (exact) mass is 374 g/mol. The van der Waals surface area contributed by atoms with Crippen LogP contribution in [0.1, 0.15) is 10.1 Å². The van der Waals surface area contributed by atoms with Gasteiger partial charge in [-0.25, -0.2) is 8.78 Å². The molecule has 0 spiro atoms. The quantitative estimate of drug-likeness (QED) is 0.750. The standard InChI is InChI=1S/C15H12F2O3S3/c16-11-3-6-14(13(17)9-11)23(18,19)20-12-4-1-10(2-5-12)15-21-7-8-22-15/h1-6,9,15H,7-8H2. The second-order valence-electron chi connectivity index (χ2n) is 4.75. The molecule has 1 heterocycles. The van der Waals surface area contributed by atoms with Crippen molar-refractivity contribution >= 4 is 33.6 Å². The maximum absolute atomic E-state index is 13.6. The molecule has 1 fully saturated rings. The Kier molecular flexibility index (Phi) is 4.84. The van der Waals surface area contributed by atoms with Gasteiger partial charge in [0, 0.05) is 17.6 Å². The predicted octanol–water partition coefficient (Wildman–Crippen LogP) is 4.21. The predicted molar refractivity (Wildman–Crippen MR) is 88.3 cm³/mol. The molecule has 1 aliphatic rings. The van der Waals surface area contributed by atoms with E-state index >= 15 is 0 Å². The van der Waals surface area contributed by atoms with Crippen molar-refractivity contribution in [2.24, 2.45) is 0 Å². The Morgan fingerprint density at radius 2 is 1.65 bits per heavy atom. The molecule has 0 atom stereocenters. The third-order valence-corrected chi connectivity index (χ3v) is 7.53. The molecular formula is C15H12F2O3S3. The number of thioether (sulfide) groups is 2. The van der Waals surface area contributed by atoms with Crippen molar-refractivity contribution in [1.29, 1.82) is 0 Å². The Balaban J connectivity index is 1.80. The van der Waals surface area contributed by atoms with Gasteiger partial charge in [-0.2, -0.15) is 8.42 Å². The Morgan fingerprint density at radius 1 is 1.00 bits per heavy atom. The van der Waals surface area contributed by atoms with Crippen LogP contribution >= 0.6 is 23.5 Å². The van der Waals surface area contributed by atoms with Crippen LogP contribution in [0.3, 0.4) is 0 Å². The van der Waals surface area contributed by atoms with Gasteiger partial charge < -0.3 is 4.18 Å². The number of hydrogen-bond donors (Lipinski definition) is 0. The fourth-order valence-electron chi connectivity index (χ4n) is 2.08. The van der Waals surface area contributed by atoms with Crippen molar-refractivity contribution in [2.75, 3.05) is 11.5 Å². The van der Waals surface area contributed by atoms with Crippen molar-refractivity contribution in [3.8, 4) is 5.75 Å². The van der Waals surface area contributed by atoms with Crippen LogP contribution in [0.2, 0.25) is 0 Å². The molecule has 0 saturated carbocycles. The Labute approximate surface area is 141 Å². The van der Waals surface area contributed by atoms with Gasteiger partial charge >= 0.3 is 10.1 Å². The van der Waals surface area contributed by atoms with Crippen LogP contribution in [-0.2, 0) is 10.1 Å². The van der Waals surface area contributed by atoms with E-state index in [1.165, 1.54) is 12.1 Å². The van der Waals surface area contributed by atoms with E-state index in [2.05, 4.69) is 0 Å². The van der Waals surface area contributed by atoms with E-state index in [1.54, 1.807) is 12.1 Å². The van der Waals surface area contributed by atoms with Gasteiger partial charge in [0.25, 0.3) is 0 Å². The summed E-state index contributed by atoms with van der Waals surface area (Å²) in [5.41, 5.74) is 1.08. The second kappa shape index (κ2) is 6.70. The van der Waals surface area contributed by atoms with E-state index in [-0.39, 0.29) is 5.75 Å². The van der Waals surface area contributed by atoms with Crippen LogP contribution in [0.25, 0.3) is 0 Å². The first kappa shape index (κ1) is 16.6. The highest BCUT2D eigenvalue weighted by Gasteiger charge is 2.23. The lowest BCUT2D eigenvalue weighted by Crippen LogP contribution is -2.11. The summed E-state index contributed by atoms with van der Waals surface area (Å²) in [4.78, 5) is -0.690. The first-order valence-corrected chi connectivity index (χ1v) is 10.2. The van der Waals surface area contributed by atoms with Crippen molar-refractivity contribution in [3.05, 3.63) is 59.7 Å². The normalized spacial score (nSPS) is 15.7. The minimum absolute atomic E-state index is 0.0884. The summed E-state index contributed by atoms with van der Waals surface area (Å²) >= 11 is 3.67. The fourth-order valence-corrected chi connectivity index (χ4v) is 5.93. The molecule has 1 saturated heterocycles. The summed E-state index contributed by atoms with van der Waals surface area (Å²) < 4.78 is 55.9. The highest BCUT2D eigenvalue weighted by Crippen LogP contribution is 2.45. The SMILES string of the molecule is O=S(=O)(Oc1ccc(C2SCCS2)cc1)c1ccc(F)cc1F. The molecule has 0 bridgehead atoms. The molecule has 2 aromatic rings. The minimum atomic E-state index is -4.34. The van der Waals surface area contributed by atoms with Gasteiger partial charge in [-0.15, -0.1) is 23.5 Å². The van der Waals surface area contributed by atoms with Crippen LogP contribution in [0.15, 0.2) is 47.4 Å². The third kappa shape index (κ3) is 3.81. The van der Waals surface area contributed by atoms with Gasteiger partial charge in [0.15, 0.2) is 0 Å². The molecule has 0 unspecified atom stereocenters. The van der Waals surface area contributed by atoms with E-state index in [4.69, 9.17) is 4.18 Å². The Bertz CT molecular complexity index is 801. The third-order valence-electron chi connectivity index (χ3n) is 3.14. The maximum Gasteiger partial charge on any atom is 0.342 e. The largest absolute Gasteiger partial charge is 0.379 e. The lowest BCUT2D eigenvalue weighted by molar-refractivity contribution is 0.474. The summed E-state index contributed by atoms with van der Waals surface area (Å²) in [5.74, 6) is 0.237. The highest BCUT2D eigenvalue weighted by atomic mass is 32.2. The molecule has 2 aromatic carbocycles. The number of benzene rings is 2. The van der Waals surface area contributed by atoms with Crippen molar-refractivity contribution in [2.45, 2.75) is 9.48 Å². The first-order valence-electron chi connectivity index (χ1n) is 6.68. The van der Waals surface area contributed by atoms with Gasteiger partial charge in [0.1, 0.15) is 22.3 Å². The Morgan fingerprint density at radius 3 is 2.26 bits per heavy atom. The lowest BCUT2D eigenvalue weighted by atomic mass is 10.2. The number of rotatable bonds is 4. The Hall–Kier alpha value is -1.25. The van der Waals surface area contributed by atoms with Crippen molar-refractivity contribution in [1.82, 2.24) is 0 Å². The van der Waals surface area contributed by atoms with Crippen LogP contribution < -0.4 is 4.18 Å². The van der Waals surface area contributed by atoms with Gasteiger partial charge in [-0.05, 0) is 29.8 Å². The summed E-state index contributed by atoms with van der Waals surface area (Å²) in [7, 11) is -4.34. The molecule has 1 aliphatic heterocycles. The van der Waals surface area contributed by atoms with E-state index in [0.717, 1.165) is 29.2 Å². The zero-order valence-electron chi connectivity index (χ0n) is 11.7. The lowest BCUT2D eigenvalue weighted by Gasteiger charge is -2.11. The highest BCUT2D eigenvalue weighted by molar-refractivity contribution is 8.19. The maximum atomic E-state index is 13.6. The average molecular weight is 374 g/mol. The number of halogens is 2. The zero-order chi connectivity index (χ0) is 16.4.